The molecule has 0 heterocycles. The number of benzene rings is 1. The Balaban J connectivity index is 2.69. The molecule has 64 valence electrons. The van der Waals surface area contributed by atoms with Crippen molar-refractivity contribution in [3.8, 4) is 5.75 Å². The maximum Gasteiger partial charge on any atom is 0.165 e. The van der Waals surface area contributed by atoms with Crippen LogP contribution in [0.25, 0.3) is 0 Å². The largest absolute Gasteiger partial charge is 0.505 e. The van der Waals surface area contributed by atoms with Crippen molar-refractivity contribution in [2.45, 2.75) is 26.2 Å². The summed E-state index contributed by atoms with van der Waals surface area (Å²) >= 11 is 0. The van der Waals surface area contributed by atoms with Gasteiger partial charge >= 0.3 is 0 Å². The van der Waals surface area contributed by atoms with Gasteiger partial charge in [0, 0.05) is 5.56 Å². The Bertz CT molecular complexity index is 331. The van der Waals surface area contributed by atoms with Gasteiger partial charge in [-0.15, -0.1) is 0 Å². The van der Waals surface area contributed by atoms with Gasteiger partial charge in [-0.2, -0.15) is 0 Å². The molecule has 1 nitrogen and oxygen atoms in total. The van der Waals surface area contributed by atoms with Crippen LogP contribution in [-0.2, 0) is 12.8 Å². The zero-order valence-electron chi connectivity index (χ0n) is 7.02. The average Bonchev–Trinajstić information content (AvgIpc) is 2.48. The van der Waals surface area contributed by atoms with Crippen LogP contribution >= 0.6 is 0 Å². The summed E-state index contributed by atoms with van der Waals surface area (Å²) in [5.74, 6) is -0.610. The fourth-order valence-electron chi connectivity index (χ4n) is 1.93. The predicted molar refractivity (Wildman–Crippen MR) is 44.8 cm³/mol. The monoisotopic (exact) mass is 166 g/mol. The molecule has 0 fully saturated rings. The zero-order chi connectivity index (χ0) is 8.72. The summed E-state index contributed by atoms with van der Waals surface area (Å²) in [5, 5.41) is 9.37. The standard InChI is InChI=1S/C10H11FO/c1-6-5-9(11)10(12)8-4-2-3-7(6)8/h5,12H,2-4H2,1H3. The molecule has 0 aromatic heterocycles. The van der Waals surface area contributed by atoms with E-state index in [9.17, 15) is 9.50 Å². The number of aryl methyl sites for hydroxylation is 1. The molecule has 0 atom stereocenters. The molecule has 1 N–H and O–H groups in total. The third-order valence-electron chi connectivity index (χ3n) is 2.55. The lowest BCUT2D eigenvalue weighted by atomic mass is 10.0. The number of phenols is 1. The van der Waals surface area contributed by atoms with Gasteiger partial charge < -0.3 is 5.11 Å². The van der Waals surface area contributed by atoms with Gasteiger partial charge in [-0.3, -0.25) is 0 Å². The van der Waals surface area contributed by atoms with Crippen molar-refractivity contribution in [2.75, 3.05) is 0 Å². The van der Waals surface area contributed by atoms with Gasteiger partial charge in [0.15, 0.2) is 11.6 Å². The van der Waals surface area contributed by atoms with Crippen LogP contribution in [0.1, 0.15) is 23.1 Å². The van der Waals surface area contributed by atoms with Crippen molar-refractivity contribution >= 4 is 0 Å². The van der Waals surface area contributed by atoms with E-state index in [-0.39, 0.29) is 5.75 Å². The number of phenolic OH excluding ortho intramolecular Hbond substituents is 1. The lowest BCUT2D eigenvalue weighted by Crippen LogP contribution is -1.91. The molecule has 0 bridgehead atoms. The highest BCUT2D eigenvalue weighted by atomic mass is 19.1. The molecule has 12 heavy (non-hydrogen) atoms. The third-order valence-corrected chi connectivity index (χ3v) is 2.55. The molecule has 2 rings (SSSR count). The molecule has 0 saturated heterocycles. The Morgan fingerprint density at radius 3 is 2.75 bits per heavy atom. The van der Waals surface area contributed by atoms with E-state index in [1.165, 1.54) is 6.07 Å². The second-order valence-corrected chi connectivity index (χ2v) is 3.33. The third kappa shape index (κ3) is 0.909. The Morgan fingerprint density at radius 1 is 1.33 bits per heavy atom. The summed E-state index contributed by atoms with van der Waals surface area (Å²) in [7, 11) is 0. The first-order valence-corrected chi connectivity index (χ1v) is 4.20. The topological polar surface area (TPSA) is 20.2 Å². The van der Waals surface area contributed by atoms with E-state index >= 15 is 0 Å². The van der Waals surface area contributed by atoms with E-state index in [4.69, 9.17) is 0 Å². The zero-order valence-corrected chi connectivity index (χ0v) is 7.02. The molecular weight excluding hydrogens is 155 g/mol. The summed E-state index contributed by atoms with van der Waals surface area (Å²) in [6, 6.07) is 1.42. The van der Waals surface area contributed by atoms with Crippen molar-refractivity contribution < 1.29 is 9.50 Å². The second kappa shape index (κ2) is 2.47. The van der Waals surface area contributed by atoms with Gasteiger partial charge in [-0.25, -0.2) is 4.39 Å². The number of hydrogen-bond donors (Lipinski definition) is 1. The molecule has 0 saturated carbocycles. The lowest BCUT2D eigenvalue weighted by molar-refractivity contribution is 0.426. The molecule has 1 aliphatic carbocycles. The van der Waals surface area contributed by atoms with Gasteiger partial charge in [-0.05, 0) is 43.4 Å². The van der Waals surface area contributed by atoms with Crippen molar-refractivity contribution in [3.63, 3.8) is 0 Å². The van der Waals surface area contributed by atoms with E-state index in [0.717, 1.165) is 36.0 Å². The fourth-order valence-corrected chi connectivity index (χ4v) is 1.93. The van der Waals surface area contributed by atoms with E-state index in [1.54, 1.807) is 0 Å². The first-order valence-electron chi connectivity index (χ1n) is 4.20. The fraction of sp³-hybridized carbons (Fsp3) is 0.400. The van der Waals surface area contributed by atoms with E-state index in [1.807, 2.05) is 6.92 Å². The van der Waals surface area contributed by atoms with E-state index in [0.29, 0.717) is 0 Å². The molecule has 0 amide bonds. The highest BCUT2D eigenvalue weighted by molar-refractivity contribution is 5.47. The summed E-state index contributed by atoms with van der Waals surface area (Å²) in [5.41, 5.74) is 2.94. The molecule has 1 aromatic carbocycles. The molecular formula is C10H11FO. The maximum atomic E-state index is 13.0. The first kappa shape index (κ1) is 7.59. The highest BCUT2D eigenvalue weighted by Crippen LogP contribution is 2.34. The van der Waals surface area contributed by atoms with Gasteiger partial charge in [0.1, 0.15) is 0 Å². The number of halogens is 1. The SMILES string of the molecule is Cc1cc(F)c(O)c2c1CCC2. The van der Waals surface area contributed by atoms with Gasteiger partial charge in [-0.1, -0.05) is 0 Å². The van der Waals surface area contributed by atoms with Crippen LogP contribution in [-0.4, -0.2) is 5.11 Å². The minimum absolute atomic E-state index is 0.131. The predicted octanol–water partition coefficient (Wildman–Crippen LogP) is 2.33. The Morgan fingerprint density at radius 2 is 2.00 bits per heavy atom. The summed E-state index contributed by atoms with van der Waals surface area (Å²) in [6.45, 7) is 1.90. The molecule has 0 unspecified atom stereocenters. The molecule has 0 aliphatic heterocycles. The van der Waals surface area contributed by atoms with Gasteiger partial charge in [0.25, 0.3) is 0 Å². The van der Waals surface area contributed by atoms with Crippen LogP contribution in [0.2, 0.25) is 0 Å². The van der Waals surface area contributed by atoms with Crippen LogP contribution in [0, 0.1) is 12.7 Å². The van der Waals surface area contributed by atoms with Crippen molar-refractivity contribution in [3.05, 3.63) is 28.6 Å². The quantitative estimate of drug-likeness (QED) is 0.627. The smallest absolute Gasteiger partial charge is 0.165 e. The van der Waals surface area contributed by atoms with Crippen LogP contribution in [0.3, 0.4) is 0 Å². The lowest BCUT2D eigenvalue weighted by Gasteiger charge is -2.06. The number of aromatic hydroxyl groups is 1. The molecule has 2 heteroatoms. The van der Waals surface area contributed by atoms with Crippen LogP contribution in [0.4, 0.5) is 4.39 Å². The van der Waals surface area contributed by atoms with Crippen LogP contribution in [0.5, 0.6) is 5.75 Å². The normalized spacial score (nSPS) is 14.8. The Hall–Kier alpha value is -1.05. The average molecular weight is 166 g/mol. The molecule has 1 aromatic rings. The van der Waals surface area contributed by atoms with E-state index in [2.05, 4.69) is 0 Å². The van der Waals surface area contributed by atoms with Gasteiger partial charge in [0.2, 0.25) is 0 Å². The van der Waals surface area contributed by atoms with Crippen LogP contribution in [0.15, 0.2) is 6.07 Å². The number of fused-ring (bicyclic) bond motifs is 1. The number of hydrogen-bond acceptors (Lipinski definition) is 1. The molecule has 1 aliphatic rings. The highest BCUT2D eigenvalue weighted by Gasteiger charge is 2.19. The molecule has 0 spiro atoms. The first-order chi connectivity index (χ1) is 5.70. The molecule has 0 radical (unpaired) electrons. The van der Waals surface area contributed by atoms with E-state index < -0.39 is 5.82 Å². The Labute approximate surface area is 70.8 Å². The summed E-state index contributed by atoms with van der Waals surface area (Å²) < 4.78 is 13.0. The van der Waals surface area contributed by atoms with Crippen LogP contribution < -0.4 is 0 Å². The van der Waals surface area contributed by atoms with Crippen molar-refractivity contribution in [1.29, 1.82) is 0 Å². The minimum Gasteiger partial charge on any atom is -0.505 e. The minimum atomic E-state index is -0.479. The van der Waals surface area contributed by atoms with Crippen molar-refractivity contribution in [2.24, 2.45) is 0 Å². The van der Waals surface area contributed by atoms with Gasteiger partial charge in [0.05, 0.1) is 0 Å². The number of rotatable bonds is 0. The summed E-state index contributed by atoms with van der Waals surface area (Å²) in [4.78, 5) is 0. The second-order valence-electron chi connectivity index (χ2n) is 3.33. The maximum absolute atomic E-state index is 13.0. The van der Waals surface area contributed by atoms with Crippen molar-refractivity contribution in [1.82, 2.24) is 0 Å². The summed E-state index contributed by atoms with van der Waals surface area (Å²) in [6.07, 6.45) is 2.84. The Kier molecular flexibility index (Phi) is 1.56.